The summed E-state index contributed by atoms with van der Waals surface area (Å²) in [5, 5.41) is 7.34. The van der Waals surface area contributed by atoms with Gasteiger partial charge in [0.2, 0.25) is 5.88 Å². The van der Waals surface area contributed by atoms with Crippen molar-refractivity contribution in [3.05, 3.63) is 29.8 Å². The molecule has 0 aliphatic carbocycles. The molecule has 2 aromatic heterocycles. The van der Waals surface area contributed by atoms with Crippen LogP contribution in [0.2, 0.25) is 0 Å². The molecule has 2 rings (SSSR count). The van der Waals surface area contributed by atoms with E-state index in [1.165, 1.54) is 6.33 Å². The van der Waals surface area contributed by atoms with Gasteiger partial charge >= 0.3 is 0 Å². The van der Waals surface area contributed by atoms with Crippen LogP contribution in [0.5, 0.6) is 5.88 Å². The number of anilines is 1. The molecule has 0 saturated carbocycles. The topological polar surface area (TPSA) is 64.9 Å². The number of hydrogen-bond acceptors (Lipinski definition) is 5. The van der Waals surface area contributed by atoms with Crippen LogP contribution in [0.4, 0.5) is 5.82 Å². The highest BCUT2D eigenvalue weighted by Gasteiger charge is 2.06. The predicted molar refractivity (Wildman–Crippen MR) is 63.9 cm³/mol. The Balaban J connectivity index is 2.09. The lowest BCUT2D eigenvalue weighted by molar-refractivity contribution is 0.393. The molecule has 0 aliphatic rings. The summed E-state index contributed by atoms with van der Waals surface area (Å²) in [5.41, 5.74) is 2.00. The van der Waals surface area contributed by atoms with Crippen LogP contribution < -0.4 is 10.1 Å². The maximum atomic E-state index is 5.13. The second-order valence-electron chi connectivity index (χ2n) is 3.73. The highest BCUT2D eigenvalue weighted by atomic mass is 16.5. The number of ether oxygens (including phenoxy) is 1. The van der Waals surface area contributed by atoms with Crippen molar-refractivity contribution in [3.63, 3.8) is 0 Å². The van der Waals surface area contributed by atoms with Crippen molar-refractivity contribution >= 4 is 5.82 Å². The van der Waals surface area contributed by atoms with E-state index in [4.69, 9.17) is 4.74 Å². The third kappa shape index (κ3) is 2.52. The average molecular weight is 233 g/mol. The first-order valence-electron chi connectivity index (χ1n) is 5.27. The number of aryl methyl sites for hydroxylation is 1. The number of rotatable bonds is 4. The van der Waals surface area contributed by atoms with Crippen molar-refractivity contribution in [2.75, 3.05) is 12.4 Å². The minimum Gasteiger partial charge on any atom is -0.481 e. The second-order valence-corrected chi connectivity index (χ2v) is 3.73. The minimum absolute atomic E-state index is 0.591. The predicted octanol–water partition coefficient (Wildman–Crippen LogP) is 1.14. The lowest BCUT2D eigenvalue weighted by Crippen LogP contribution is -2.04. The Morgan fingerprint density at radius 1 is 1.41 bits per heavy atom. The molecule has 17 heavy (non-hydrogen) atoms. The summed E-state index contributed by atoms with van der Waals surface area (Å²) < 4.78 is 6.90. The normalized spacial score (nSPS) is 10.3. The van der Waals surface area contributed by atoms with Crippen molar-refractivity contribution in [3.8, 4) is 5.88 Å². The summed E-state index contributed by atoms with van der Waals surface area (Å²) in [4.78, 5) is 8.21. The monoisotopic (exact) mass is 233 g/mol. The lowest BCUT2D eigenvalue weighted by Gasteiger charge is -2.09. The Bertz CT molecular complexity index is 508. The zero-order valence-electron chi connectivity index (χ0n) is 10.1. The maximum absolute atomic E-state index is 5.13. The van der Waals surface area contributed by atoms with Gasteiger partial charge < -0.3 is 10.1 Å². The van der Waals surface area contributed by atoms with Crippen LogP contribution in [-0.4, -0.2) is 26.9 Å². The van der Waals surface area contributed by atoms with E-state index in [-0.39, 0.29) is 0 Å². The Morgan fingerprint density at radius 2 is 2.24 bits per heavy atom. The molecule has 2 heterocycles. The van der Waals surface area contributed by atoms with Gasteiger partial charge in [-0.25, -0.2) is 9.97 Å². The zero-order chi connectivity index (χ0) is 12.3. The molecule has 0 unspecified atom stereocenters. The molecule has 1 N–H and O–H groups in total. The standard InChI is InChI=1S/C11H15N5O/c1-8-10(13-7-14-11(8)17-3)12-4-9-5-15-16(2)6-9/h5-7H,4H2,1-3H3,(H,12,13,14). The van der Waals surface area contributed by atoms with Gasteiger partial charge in [-0.15, -0.1) is 0 Å². The molecule has 2 aromatic rings. The first-order valence-corrected chi connectivity index (χ1v) is 5.27. The average Bonchev–Trinajstić information content (AvgIpc) is 2.74. The van der Waals surface area contributed by atoms with Crippen LogP contribution >= 0.6 is 0 Å². The van der Waals surface area contributed by atoms with Crippen molar-refractivity contribution in [1.29, 1.82) is 0 Å². The molecule has 90 valence electrons. The smallest absolute Gasteiger partial charge is 0.221 e. The van der Waals surface area contributed by atoms with Crippen LogP contribution in [0.15, 0.2) is 18.7 Å². The fourth-order valence-electron chi connectivity index (χ4n) is 1.57. The van der Waals surface area contributed by atoms with E-state index < -0.39 is 0 Å². The molecule has 0 saturated heterocycles. The van der Waals surface area contributed by atoms with Crippen LogP contribution in [0.25, 0.3) is 0 Å². The molecule has 6 nitrogen and oxygen atoms in total. The van der Waals surface area contributed by atoms with Gasteiger partial charge in [-0.3, -0.25) is 4.68 Å². The van der Waals surface area contributed by atoms with E-state index in [0.29, 0.717) is 12.4 Å². The number of aromatic nitrogens is 4. The maximum Gasteiger partial charge on any atom is 0.221 e. The molecule has 0 spiro atoms. The third-order valence-electron chi connectivity index (χ3n) is 2.45. The quantitative estimate of drug-likeness (QED) is 0.857. The molecular formula is C11H15N5O. The molecule has 0 bridgehead atoms. The van der Waals surface area contributed by atoms with E-state index >= 15 is 0 Å². The fraction of sp³-hybridized carbons (Fsp3) is 0.364. The van der Waals surface area contributed by atoms with Crippen LogP contribution in [0.3, 0.4) is 0 Å². The molecular weight excluding hydrogens is 218 g/mol. The summed E-state index contributed by atoms with van der Waals surface area (Å²) in [5.74, 6) is 1.37. The van der Waals surface area contributed by atoms with E-state index in [2.05, 4.69) is 20.4 Å². The number of hydrogen-bond donors (Lipinski definition) is 1. The SMILES string of the molecule is COc1ncnc(NCc2cnn(C)c2)c1C. The van der Waals surface area contributed by atoms with Gasteiger partial charge in [0.05, 0.1) is 18.9 Å². The van der Waals surface area contributed by atoms with Crippen molar-refractivity contribution in [2.24, 2.45) is 7.05 Å². The lowest BCUT2D eigenvalue weighted by atomic mass is 10.3. The number of nitrogens with one attached hydrogen (secondary N) is 1. The Labute approximate surface area is 99.7 Å². The van der Waals surface area contributed by atoms with Gasteiger partial charge in [0.15, 0.2) is 0 Å². The van der Waals surface area contributed by atoms with Gasteiger partial charge in [-0.2, -0.15) is 5.10 Å². The summed E-state index contributed by atoms with van der Waals surface area (Å²) in [6, 6.07) is 0. The second kappa shape index (κ2) is 4.82. The van der Waals surface area contributed by atoms with E-state index in [9.17, 15) is 0 Å². The Morgan fingerprint density at radius 3 is 2.88 bits per heavy atom. The van der Waals surface area contributed by atoms with E-state index in [1.807, 2.05) is 26.4 Å². The van der Waals surface area contributed by atoms with Crippen LogP contribution in [-0.2, 0) is 13.6 Å². The Kier molecular flexibility index (Phi) is 3.22. The van der Waals surface area contributed by atoms with Gasteiger partial charge in [0.1, 0.15) is 12.1 Å². The molecule has 0 amide bonds. The van der Waals surface area contributed by atoms with Gasteiger partial charge in [0, 0.05) is 25.4 Å². The fourth-order valence-corrected chi connectivity index (χ4v) is 1.57. The molecule has 0 radical (unpaired) electrons. The molecule has 0 aliphatic heterocycles. The van der Waals surface area contributed by atoms with Crippen molar-refractivity contribution < 1.29 is 4.74 Å². The first-order chi connectivity index (χ1) is 8.20. The highest BCUT2D eigenvalue weighted by Crippen LogP contribution is 2.20. The van der Waals surface area contributed by atoms with E-state index in [0.717, 1.165) is 16.9 Å². The van der Waals surface area contributed by atoms with Gasteiger partial charge in [-0.1, -0.05) is 0 Å². The van der Waals surface area contributed by atoms with Crippen molar-refractivity contribution in [2.45, 2.75) is 13.5 Å². The third-order valence-corrected chi connectivity index (χ3v) is 2.45. The number of nitrogens with zero attached hydrogens (tertiary/aromatic N) is 4. The van der Waals surface area contributed by atoms with Crippen molar-refractivity contribution in [1.82, 2.24) is 19.7 Å². The summed E-state index contributed by atoms with van der Waals surface area (Å²) in [7, 11) is 3.49. The van der Waals surface area contributed by atoms with Crippen LogP contribution in [0.1, 0.15) is 11.1 Å². The zero-order valence-corrected chi connectivity index (χ0v) is 10.1. The summed E-state index contributed by atoms with van der Waals surface area (Å²) >= 11 is 0. The Hall–Kier alpha value is -2.11. The molecule has 0 atom stereocenters. The molecule has 0 fully saturated rings. The minimum atomic E-state index is 0.591. The molecule has 0 aromatic carbocycles. The molecule has 6 heteroatoms. The van der Waals surface area contributed by atoms with Crippen LogP contribution in [0, 0.1) is 6.92 Å². The number of methoxy groups -OCH3 is 1. The summed E-state index contributed by atoms with van der Waals surface area (Å²) in [6.45, 7) is 2.60. The van der Waals surface area contributed by atoms with Gasteiger partial charge in [-0.05, 0) is 6.92 Å². The first kappa shape index (κ1) is 11.4. The van der Waals surface area contributed by atoms with E-state index in [1.54, 1.807) is 11.8 Å². The summed E-state index contributed by atoms with van der Waals surface area (Å²) in [6.07, 6.45) is 5.26. The van der Waals surface area contributed by atoms with Gasteiger partial charge in [0.25, 0.3) is 0 Å². The highest BCUT2D eigenvalue weighted by molar-refractivity contribution is 5.47. The largest absolute Gasteiger partial charge is 0.481 e.